The molecule has 0 radical (unpaired) electrons. The standard InChI is InChI=1S/C23H41NO6/c1-2-3-4-5-6-7-8-9-10-11-12-13-14-15-16-17-24-22(28)20(27)21-18(25)19(26)23(29)30-21/h16-21,25-27H,2-15H2,1H3,(H,24,28)/t18-,19+,20?,21+/m1/s1. The second-order valence-electron chi connectivity index (χ2n) is 8.22. The first-order chi connectivity index (χ1) is 14.5. The summed E-state index contributed by atoms with van der Waals surface area (Å²) in [5.74, 6) is -1.83. The lowest BCUT2D eigenvalue weighted by Gasteiger charge is -2.18. The fourth-order valence-electron chi connectivity index (χ4n) is 3.58. The van der Waals surface area contributed by atoms with E-state index in [1.165, 1.54) is 76.8 Å². The van der Waals surface area contributed by atoms with E-state index in [4.69, 9.17) is 0 Å². The maximum Gasteiger partial charge on any atom is 0.338 e. The lowest BCUT2D eigenvalue weighted by Crippen LogP contribution is -2.46. The van der Waals surface area contributed by atoms with E-state index < -0.39 is 36.3 Å². The first-order valence-corrected chi connectivity index (χ1v) is 11.7. The largest absolute Gasteiger partial charge is 0.454 e. The highest BCUT2D eigenvalue weighted by atomic mass is 16.6. The number of nitrogens with one attached hydrogen (secondary N) is 1. The molecule has 7 nitrogen and oxygen atoms in total. The molecule has 1 rings (SSSR count). The van der Waals surface area contributed by atoms with Crippen molar-refractivity contribution in [2.75, 3.05) is 0 Å². The molecule has 30 heavy (non-hydrogen) atoms. The van der Waals surface area contributed by atoms with Crippen LogP contribution in [0.25, 0.3) is 0 Å². The molecule has 0 aromatic carbocycles. The molecular weight excluding hydrogens is 386 g/mol. The van der Waals surface area contributed by atoms with Gasteiger partial charge in [-0.3, -0.25) is 4.79 Å². The number of hydrogen-bond acceptors (Lipinski definition) is 6. The summed E-state index contributed by atoms with van der Waals surface area (Å²) in [6.07, 6.45) is 14.5. The summed E-state index contributed by atoms with van der Waals surface area (Å²) in [5.41, 5.74) is 0. The molecule has 1 saturated heterocycles. The van der Waals surface area contributed by atoms with Crippen LogP contribution in [-0.2, 0) is 14.3 Å². The highest BCUT2D eigenvalue weighted by Gasteiger charge is 2.48. The number of unbranched alkanes of at least 4 members (excludes halogenated alkanes) is 13. The van der Waals surface area contributed by atoms with E-state index in [1.54, 1.807) is 0 Å². The summed E-state index contributed by atoms with van der Waals surface area (Å²) >= 11 is 0. The minimum Gasteiger partial charge on any atom is -0.454 e. The quantitative estimate of drug-likeness (QED) is 0.209. The van der Waals surface area contributed by atoms with E-state index in [0.29, 0.717) is 0 Å². The van der Waals surface area contributed by atoms with Crippen molar-refractivity contribution in [3.05, 3.63) is 12.3 Å². The fourth-order valence-corrected chi connectivity index (χ4v) is 3.58. The highest BCUT2D eigenvalue weighted by molar-refractivity contribution is 5.84. The molecule has 1 heterocycles. The van der Waals surface area contributed by atoms with E-state index in [1.807, 2.05) is 6.08 Å². The minimum absolute atomic E-state index is 0.789. The van der Waals surface area contributed by atoms with Crippen LogP contribution in [-0.4, -0.2) is 51.6 Å². The molecule has 0 aromatic rings. The van der Waals surface area contributed by atoms with Crippen molar-refractivity contribution in [1.82, 2.24) is 5.32 Å². The number of cyclic esters (lactones) is 1. The molecule has 174 valence electrons. The normalized spacial score (nSPS) is 22.4. The second kappa shape index (κ2) is 16.3. The number of esters is 1. The van der Waals surface area contributed by atoms with Crippen LogP contribution in [0, 0.1) is 0 Å². The number of rotatable bonds is 17. The van der Waals surface area contributed by atoms with Crippen LogP contribution < -0.4 is 5.32 Å². The zero-order chi connectivity index (χ0) is 22.2. The van der Waals surface area contributed by atoms with Gasteiger partial charge in [-0.15, -0.1) is 0 Å². The molecule has 0 bridgehead atoms. The molecule has 4 N–H and O–H groups in total. The van der Waals surface area contributed by atoms with Gasteiger partial charge < -0.3 is 25.4 Å². The molecule has 7 heteroatoms. The predicted octanol–water partition coefficient (Wildman–Crippen LogP) is 3.11. The third-order valence-electron chi connectivity index (χ3n) is 5.55. The molecule has 0 aliphatic carbocycles. The molecule has 1 unspecified atom stereocenters. The smallest absolute Gasteiger partial charge is 0.338 e. The number of carbonyl (C=O) groups is 2. The highest BCUT2D eigenvalue weighted by Crippen LogP contribution is 2.19. The van der Waals surface area contributed by atoms with Crippen molar-refractivity contribution in [3.8, 4) is 0 Å². The van der Waals surface area contributed by atoms with Gasteiger partial charge in [0.25, 0.3) is 5.91 Å². The summed E-state index contributed by atoms with van der Waals surface area (Å²) in [4.78, 5) is 23.0. The van der Waals surface area contributed by atoms with Gasteiger partial charge >= 0.3 is 5.97 Å². The van der Waals surface area contributed by atoms with Crippen LogP contribution in [0.2, 0.25) is 0 Å². The van der Waals surface area contributed by atoms with Crippen LogP contribution in [0.1, 0.15) is 96.8 Å². The van der Waals surface area contributed by atoms with Gasteiger partial charge in [0.1, 0.15) is 6.10 Å². The maximum absolute atomic E-state index is 11.8. The predicted molar refractivity (Wildman–Crippen MR) is 115 cm³/mol. The average Bonchev–Trinajstić information content (AvgIpc) is 3.00. The molecule has 1 fully saturated rings. The van der Waals surface area contributed by atoms with Crippen molar-refractivity contribution < 1.29 is 29.6 Å². The average molecular weight is 428 g/mol. The minimum atomic E-state index is -1.73. The Hall–Kier alpha value is -1.44. The van der Waals surface area contributed by atoms with E-state index in [0.717, 1.165) is 19.3 Å². The third-order valence-corrected chi connectivity index (χ3v) is 5.55. The van der Waals surface area contributed by atoms with Crippen molar-refractivity contribution in [1.29, 1.82) is 0 Å². The first kappa shape index (κ1) is 26.6. The molecule has 0 spiro atoms. The maximum atomic E-state index is 11.8. The van der Waals surface area contributed by atoms with Gasteiger partial charge in [-0.2, -0.15) is 0 Å². The van der Waals surface area contributed by atoms with Gasteiger partial charge in [0.2, 0.25) is 0 Å². The zero-order valence-electron chi connectivity index (χ0n) is 18.4. The van der Waals surface area contributed by atoms with E-state index in [9.17, 15) is 24.9 Å². The van der Waals surface area contributed by atoms with Crippen molar-refractivity contribution >= 4 is 11.9 Å². The van der Waals surface area contributed by atoms with E-state index in [2.05, 4.69) is 17.0 Å². The van der Waals surface area contributed by atoms with Crippen LogP contribution in [0.5, 0.6) is 0 Å². The monoisotopic (exact) mass is 427 g/mol. The van der Waals surface area contributed by atoms with E-state index >= 15 is 0 Å². The summed E-state index contributed by atoms with van der Waals surface area (Å²) in [5, 5.41) is 31.2. The van der Waals surface area contributed by atoms with Crippen LogP contribution in [0.3, 0.4) is 0 Å². The molecule has 1 amide bonds. The topological polar surface area (TPSA) is 116 Å². The molecule has 1 aliphatic rings. The third kappa shape index (κ3) is 10.5. The number of allylic oxidation sites excluding steroid dienone is 1. The molecule has 0 aromatic heterocycles. The van der Waals surface area contributed by atoms with Gasteiger partial charge in [0, 0.05) is 0 Å². The lowest BCUT2D eigenvalue weighted by atomic mass is 10.0. The van der Waals surface area contributed by atoms with Crippen molar-refractivity contribution in [2.45, 2.75) is 121 Å². The zero-order valence-corrected chi connectivity index (χ0v) is 18.4. The number of aliphatic hydroxyl groups is 3. The summed E-state index contributed by atoms with van der Waals surface area (Å²) < 4.78 is 4.63. The Balaban J connectivity index is 1.94. The molecular formula is C23H41NO6. The summed E-state index contributed by atoms with van der Waals surface area (Å²) in [6, 6.07) is 0. The number of hydrogen-bond donors (Lipinski definition) is 4. The summed E-state index contributed by atoms with van der Waals surface area (Å²) in [6.45, 7) is 2.25. The SMILES string of the molecule is CCCCCCCCCCCCCCCC=CNC(=O)C(O)[C@H]1OC(=O)[C@@H](O)[C@H]1O. The lowest BCUT2D eigenvalue weighted by molar-refractivity contribution is -0.153. The Morgan fingerprint density at radius 1 is 0.967 bits per heavy atom. The van der Waals surface area contributed by atoms with Gasteiger partial charge in [-0.25, -0.2) is 4.79 Å². The number of carbonyl (C=O) groups excluding carboxylic acids is 2. The first-order valence-electron chi connectivity index (χ1n) is 11.7. The van der Waals surface area contributed by atoms with E-state index in [-0.39, 0.29) is 0 Å². The number of ether oxygens (including phenoxy) is 1. The van der Waals surface area contributed by atoms with Gasteiger partial charge in [0.05, 0.1) is 0 Å². The van der Waals surface area contributed by atoms with Gasteiger partial charge in [0.15, 0.2) is 18.3 Å². The van der Waals surface area contributed by atoms with Crippen molar-refractivity contribution in [2.24, 2.45) is 0 Å². The van der Waals surface area contributed by atoms with Crippen molar-refractivity contribution in [3.63, 3.8) is 0 Å². The number of aliphatic hydroxyl groups excluding tert-OH is 3. The van der Waals surface area contributed by atoms with Gasteiger partial charge in [-0.1, -0.05) is 90.0 Å². The molecule has 4 atom stereocenters. The fraction of sp³-hybridized carbons (Fsp3) is 0.826. The Bertz CT molecular complexity index is 510. The number of amides is 1. The Labute approximate surface area is 180 Å². The Morgan fingerprint density at radius 3 is 1.93 bits per heavy atom. The molecule has 0 saturated carbocycles. The summed E-state index contributed by atoms with van der Waals surface area (Å²) in [7, 11) is 0. The van der Waals surface area contributed by atoms with Crippen LogP contribution in [0.4, 0.5) is 0 Å². The van der Waals surface area contributed by atoms with Gasteiger partial charge in [-0.05, 0) is 19.0 Å². The van der Waals surface area contributed by atoms with Crippen LogP contribution >= 0.6 is 0 Å². The Morgan fingerprint density at radius 2 is 1.47 bits per heavy atom. The Kier molecular flexibility index (Phi) is 14.4. The second-order valence-corrected chi connectivity index (χ2v) is 8.22. The molecule has 1 aliphatic heterocycles. The van der Waals surface area contributed by atoms with Crippen LogP contribution in [0.15, 0.2) is 12.3 Å².